The maximum absolute atomic E-state index is 13.1. The van der Waals surface area contributed by atoms with E-state index in [2.05, 4.69) is 0 Å². The molecule has 0 aliphatic rings. The maximum Gasteiger partial charge on any atom is 0.270 e. The monoisotopic (exact) mass is 348 g/mol. The average molecular weight is 348 g/mol. The highest BCUT2D eigenvalue weighted by Gasteiger charge is 2.20. The molecule has 1 heterocycles. The minimum absolute atomic E-state index is 0.0619. The van der Waals surface area contributed by atoms with Crippen LogP contribution in [0.5, 0.6) is 0 Å². The molecule has 0 spiro atoms. The predicted octanol–water partition coefficient (Wildman–Crippen LogP) is 3.64. The van der Waals surface area contributed by atoms with Crippen LogP contribution in [-0.2, 0) is 13.6 Å². The van der Waals surface area contributed by atoms with Gasteiger partial charge in [0.2, 0.25) is 0 Å². The zero-order valence-corrected chi connectivity index (χ0v) is 15.2. The number of hydrogen-bond donors (Lipinski definition) is 1. The van der Waals surface area contributed by atoms with Crippen molar-refractivity contribution in [1.82, 2.24) is 9.47 Å². The molecule has 4 heteroatoms. The number of aromatic nitrogens is 1. The molecule has 3 aromatic rings. The topological polar surface area (TPSA) is 45.5 Å². The van der Waals surface area contributed by atoms with Gasteiger partial charge in [0.05, 0.1) is 6.61 Å². The van der Waals surface area contributed by atoms with E-state index in [-0.39, 0.29) is 12.5 Å². The van der Waals surface area contributed by atoms with Crippen molar-refractivity contribution in [3.05, 3.63) is 83.6 Å². The van der Waals surface area contributed by atoms with Crippen LogP contribution >= 0.6 is 0 Å². The Kier molecular flexibility index (Phi) is 5.54. The average Bonchev–Trinajstić information content (AvgIpc) is 3.04. The van der Waals surface area contributed by atoms with Crippen LogP contribution < -0.4 is 0 Å². The van der Waals surface area contributed by atoms with Gasteiger partial charge in [0.25, 0.3) is 5.91 Å². The first-order valence-electron chi connectivity index (χ1n) is 8.77. The Morgan fingerprint density at radius 1 is 1.00 bits per heavy atom. The molecule has 0 atom stereocenters. The summed E-state index contributed by atoms with van der Waals surface area (Å²) in [5.74, 6) is -0.0769. The van der Waals surface area contributed by atoms with E-state index in [9.17, 15) is 9.90 Å². The molecule has 0 saturated heterocycles. The second-order valence-electron chi connectivity index (χ2n) is 6.41. The number of amides is 1. The number of carbonyl (C=O) groups excluding carboxylic acids is 1. The van der Waals surface area contributed by atoms with E-state index in [0.29, 0.717) is 18.8 Å². The van der Waals surface area contributed by atoms with Gasteiger partial charge in [0.15, 0.2) is 0 Å². The van der Waals surface area contributed by atoms with Gasteiger partial charge in [-0.1, -0.05) is 54.6 Å². The SMILES string of the molecule is Cc1ccccc1CN(CCO)C(=O)c1ccc(-c2ccccc2)n1C. The lowest BCUT2D eigenvalue weighted by Gasteiger charge is -2.23. The molecule has 1 N–H and O–H groups in total. The fourth-order valence-electron chi connectivity index (χ4n) is 3.15. The zero-order valence-electron chi connectivity index (χ0n) is 15.2. The van der Waals surface area contributed by atoms with Crippen LogP contribution in [-0.4, -0.2) is 33.6 Å². The van der Waals surface area contributed by atoms with Crippen LogP contribution in [0.15, 0.2) is 66.7 Å². The fourth-order valence-corrected chi connectivity index (χ4v) is 3.15. The number of nitrogens with zero attached hydrogens (tertiary/aromatic N) is 2. The summed E-state index contributed by atoms with van der Waals surface area (Å²) in [6.07, 6.45) is 0. The van der Waals surface area contributed by atoms with Crippen LogP contribution in [0.3, 0.4) is 0 Å². The molecule has 0 aliphatic heterocycles. The van der Waals surface area contributed by atoms with Crippen molar-refractivity contribution in [2.24, 2.45) is 7.05 Å². The number of benzene rings is 2. The lowest BCUT2D eigenvalue weighted by molar-refractivity contribution is 0.0698. The predicted molar refractivity (Wildman–Crippen MR) is 104 cm³/mol. The number of rotatable bonds is 6. The highest BCUT2D eigenvalue weighted by atomic mass is 16.3. The van der Waals surface area contributed by atoms with E-state index >= 15 is 0 Å². The first-order chi connectivity index (χ1) is 12.6. The van der Waals surface area contributed by atoms with E-state index in [1.165, 1.54) is 0 Å². The van der Waals surface area contributed by atoms with Crippen LogP contribution in [0, 0.1) is 6.92 Å². The van der Waals surface area contributed by atoms with Gasteiger partial charge < -0.3 is 14.6 Å². The molecule has 1 amide bonds. The van der Waals surface area contributed by atoms with Gasteiger partial charge in [-0.2, -0.15) is 0 Å². The van der Waals surface area contributed by atoms with Crippen molar-refractivity contribution in [3.8, 4) is 11.3 Å². The molecule has 26 heavy (non-hydrogen) atoms. The Labute approximate surface area is 154 Å². The second-order valence-corrected chi connectivity index (χ2v) is 6.41. The van der Waals surface area contributed by atoms with E-state index in [0.717, 1.165) is 22.4 Å². The zero-order chi connectivity index (χ0) is 18.5. The number of aryl methyl sites for hydroxylation is 1. The molecule has 1 aromatic heterocycles. The fraction of sp³-hybridized carbons (Fsp3) is 0.227. The van der Waals surface area contributed by atoms with E-state index in [1.807, 2.05) is 85.3 Å². The van der Waals surface area contributed by atoms with E-state index in [1.54, 1.807) is 4.90 Å². The molecule has 134 valence electrons. The number of carbonyl (C=O) groups is 1. The van der Waals surface area contributed by atoms with Crippen LogP contribution in [0.1, 0.15) is 21.6 Å². The van der Waals surface area contributed by atoms with Crippen molar-refractivity contribution in [1.29, 1.82) is 0 Å². The Balaban J connectivity index is 1.88. The third kappa shape index (κ3) is 3.70. The summed E-state index contributed by atoms with van der Waals surface area (Å²) in [6.45, 7) is 2.76. The standard InChI is InChI=1S/C22H24N2O2/c1-17-8-6-7-11-19(17)16-24(14-15-25)22(26)21-13-12-20(23(21)2)18-9-4-3-5-10-18/h3-13,25H,14-16H2,1-2H3. The third-order valence-corrected chi connectivity index (χ3v) is 4.69. The first kappa shape index (κ1) is 18.0. The molecule has 0 bridgehead atoms. The van der Waals surface area contributed by atoms with Crippen molar-refractivity contribution in [2.45, 2.75) is 13.5 Å². The van der Waals surface area contributed by atoms with Gasteiger partial charge in [-0.05, 0) is 35.7 Å². The molecule has 0 aliphatic carbocycles. The minimum atomic E-state index is -0.0769. The molecule has 0 fully saturated rings. The van der Waals surface area contributed by atoms with Crippen LogP contribution in [0.4, 0.5) is 0 Å². The highest BCUT2D eigenvalue weighted by molar-refractivity contribution is 5.94. The molecule has 3 rings (SSSR count). The normalized spacial score (nSPS) is 10.7. The largest absolute Gasteiger partial charge is 0.395 e. The van der Waals surface area contributed by atoms with E-state index in [4.69, 9.17) is 0 Å². The second kappa shape index (κ2) is 8.02. The van der Waals surface area contributed by atoms with Gasteiger partial charge in [0, 0.05) is 25.8 Å². The van der Waals surface area contributed by atoms with Gasteiger partial charge in [-0.25, -0.2) is 0 Å². The minimum Gasteiger partial charge on any atom is -0.395 e. The highest BCUT2D eigenvalue weighted by Crippen LogP contribution is 2.22. The molecule has 0 radical (unpaired) electrons. The Morgan fingerprint density at radius 3 is 2.38 bits per heavy atom. The summed E-state index contributed by atoms with van der Waals surface area (Å²) >= 11 is 0. The van der Waals surface area contributed by atoms with Gasteiger partial charge in [-0.15, -0.1) is 0 Å². The first-order valence-corrected chi connectivity index (χ1v) is 8.77. The summed E-state index contributed by atoms with van der Waals surface area (Å²) in [5.41, 5.74) is 4.91. The molecule has 0 unspecified atom stereocenters. The van der Waals surface area contributed by atoms with Crippen molar-refractivity contribution in [3.63, 3.8) is 0 Å². The van der Waals surface area contributed by atoms with Crippen molar-refractivity contribution in [2.75, 3.05) is 13.2 Å². The summed E-state index contributed by atoms with van der Waals surface area (Å²) in [5, 5.41) is 9.43. The van der Waals surface area contributed by atoms with Crippen molar-refractivity contribution >= 4 is 5.91 Å². The number of aliphatic hydroxyl groups excluding tert-OH is 1. The third-order valence-electron chi connectivity index (χ3n) is 4.69. The Morgan fingerprint density at radius 2 is 1.69 bits per heavy atom. The quantitative estimate of drug-likeness (QED) is 0.739. The molecule has 0 saturated carbocycles. The Hall–Kier alpha value is -2.85. The van der Waals surface area contributed by atoms with Crippen LogP contribution in [0.2, 0.25) is 0 Å². The smallest absolute Gasteiger partial charge is 0.270 e. The van der Waals surface area contributed by atoms with Crippen LogP contribution in [0.25, 0.3) is 11.3 Å². The molecular formula is C22H24N2O2. The van der Waals surface area contributed by atoms with Crippen molar-refractivity contribution < 1.29 is 9.90 Å². The number of aliphatic hydroxyl groups is 1. The molecular weight excluding hydrogens is 324 g/mol. The summed E-state index contributed by atoms with van der Waals surface area (Å²) in [4.78, 5) is 14.8. The Bertz CT molecular complexity index is 884. The van der Waals surface area contributed by atoms with Gasteiger partial charge >= 0.3 is 0 Å². The molecule has 4 nitrogen and oxygen atoms in total. The lowest BCUT2D eigenvalue weighted by Crippen LogP contribution is -2.34. The summed E-state index contributed by atoms with van der Waals surface area (Å²) in [6, 6.07) is 21.8. The van der Waals surface area contributed by atoms with Gasteiger partial charge in [-0.3, -0.25) is 4.79 Å². The summed E-state index contributed by atoms with van der Waals surface area (Å²) in [7, 11) is 1.90. The lowest BCUT2D eigenvalue weighted by atomic mass is 10.1. The van der Waals surface area contributed by atoms with Gasteiger partial charge in [0.1, 0.15) is 5.69 Å². The number of hydrogen-bond acceptors (Lipinski definition) is 2. The summed E-state index contributed by atoms with van der Waals surface area (Å²) < 4.78 is 1.92. The maximum atomic E-state index is 13.1. The molecule has 2 aromatic carbocycles. The van der Waals surface area contributed by atoms with E-state index < -0.39 is 0 Å².